The van der Waals surface area contributed by atoms with E-state index in [1.165, 1.54) is 0 Å². The zero-order valence-electron chi connectivity index (χ0n) is 4.37. The Hall–Kier alpha value is 1.88. The molecule has 1 N–H and O–H groups in total. The van der Waals surface area contributed by atoms with E-state index >= 15 is 0 Å². The van der Waals surface area contributed by atoms with Crippen LogP contribution >= 0.6 is 37.2 Å². The maximum absolute atomic E-state index is 9.00. The first-order valence-corrected chi connectivity index (χ1v) is 10.3. The van der Waals surface area contributed by atoms with Crippen molar-refractivity contribution < 1.29 is 22.2 Å². The summed E-state index contributed by atoms with van der Waals surface area (Å²) in [5.41, 5.74) is 0. The van der Waals surface area contributed by atoms with Gasteiger partial charge in [-0.1, -0.05) is 0 Å². The van der Waals surface area contributed by atoms with E-state index in [9.17, 15) is 0 Å². The van der Waals surface area contributed by atoms with Crippen LogP contribution in [0.3, 0.4) is 0 Å². The Labute approximate surface area is 88.8 Å². The average Bonchev–Trinajstić information content (AvgIpc) is 1.19. The molecule has 0 aromatic heterocycles. The fourth-order valence-electron chi connectivity index (χ4n) is 0. The number of hydrogen-bond acceptors (Lipinski definition) is 1. The average molecular weight is 280 g/mol. The predicted molar refractivity (Wildman–Crippen MR) is 46.7 cm³/mol. The van der Waals surface area contributed by atoms with Gasteiger partial charge >= 0.3 is 49.6 Å². The molecule has 0 fully saturated rings. The predicted octanol–water partition coefficient (Wildman–Crippen LogP) is 1.66. The Morgan fingerprint density at radius 1 is 1.30 bits per heavy atom. The van der Waals surface area contributed by atoms with Crippen molar-refractivity contribution >= 4 is 60.6 Å². The van der Waals surface area contributed by atoms with Crippen LogP contribution in [0.5, 0.6) is 0 Å². The summed E-state index contributed by atoms with van der Waals surface area (Å²) in [6, 6.07) is 0. The van der Waals surface area contributed by atoms with Crippen molar-refractivity contribution in [1.29, 1.82) is 0 Å². The van der Waals surface area contributed by atoms with E-state index < -0.39 is 18.3 Å². The fourth-order valence-corrected chi connectivity index (χ4v) is 0. The van der Waals surface area contributed by atoms with Crippen LogP contribution in [0.2, 0.25) is 0 Å². The Morgan fingerprint density at radius 3 is 1.30 bits per heavy atom. The molecule has 0 heterocycles. The molecular formula is C2H7AlCl4O2Ti. The molecule has 0 aromatic carbocycles. The van der Waals surface area contributed by atoms with Crippen LogP contribution in [0, 0.1) is 0 Å². The third kappa shape index (κ3) is 221. The molecule has 10 heavy (non-hydrogen) atoms. The van der Waals surface area contributed by atoms with Gasteiger partial charge in [0.2, 0.25) is 0 Å². The first-order chi connectivity index (χ1) is 3.73. The molecule has 0 aromatic rings. The van der Waals surface area contributed by atoms with Crippen molar-refractivity contribution in [2.75, 3.05) is 0 Å². The minimum atomic E-state index is -3.11. The van der Waals surface area contributed by atoms with E-state index in [1.54, 1.807) is 0 Å². The SMILES string of the molecule is CC(=O)O.[AlH3].[Cl][Ti]([Cl])([Cl])[Cl]. The Morgan fingerprint density at radius 2 is 1.30 bits per heavy atom. The second kappa shape index (κ2) is 8.97. The Bertz CT molecular complexity index is 83.7. The first kappa shape index (κ1) is 17.8. The Balaban J connectivity index is -0.0000000910. The summed E-state index contributed by atoms with van der Waals surface area (Å²) in [7, 11) is 20.1. The molecule has 0 atom stereocenters. The maximum atomic E-state index is 9.00. The van der Waals surface area contributed by atoms with Gasteiger partial charge in [-0.15, -0.1) is 0 Å². The first-order valence-electron chi connectivity index (χ1n) is 1.68. The molecule has 62 valence electrons. The van der Waals surface area contributed by atoms with E-state index in [0.717, 1.165) is 6.92 Å². The van der Waals surface area contributed by atoms with Crippen molar-refractivity contribution in [3.63, 3.8) is 0 Å². The molecule has 0 saturated carbocycles. The Kier molecular flexibility index (Phi) is 16.0. The van der Waals surface area contributed by atoms with Crippen LogP contribution < -0.4 is 0 Å². The van der Waals surface area contributed by atoms with Crippen molar-refractivity contribution in [3.05, 3.63) is 0 Å². The van der Waals surface area contributed by atoms with Crippen molar-refractivity contribution in [3.8, 4) is 0 Å². The van der Waals surface area contributed by atoms with Gasteiger partial charge in [-0.25, -0.2) is 0 Å². The molecule has 2 nitrogen and oxygen atoms in total. The van der Waals surface area contributed by atoms with Crippen LogP contribution in [0.15, 0.2) is 0 Å². The summed E-state index contributed by atoms with van der Waals surface area (Å²) in [5.74, 6) is -0.833. The van der Waals surface area contributed by atoms with Gasteiger partial charge in [0.15, 0.2) is 17.4 Å². The van der Waals surface area contributed by atoms with Gasteiger partial charge in [-0.2, -0.15) is 0 Å². The number of carboxylic acids is 1. The standard InChI is InChI=1S/C2H4O2.Al.4ClH.Ti.3H/c1-2(3)4;;;;;;;;;/h1H3,(H,3,4);;4*1H;;;;/q;;;;;;+4;;;/p-4. The van der Waals surface area contributed by atoms with E-state index in [2.05, 4.69) is 0 Å². The van der Waals surface area contributed by atoms with Crippen LogP contribution in [-0.4, -0.2) is 28.4 Å². The van der Waals surface area contributed by atoms with Crippen molar-refractivity contribution in [2.45, 2.75) is 6.92 Å². The second-order valence-electron chi connectivity index (χ2n) is 0.948. The number of aliphatic carboxylic acids is 1. The van der Waals surface area contributed by atoms with Gasteiger partial charge in [-0.3, -0.25) is 4.79 Å². The van der Waals surface area contributed by atoms with Gasteiger partial charge in [0.1, 0.15) is 0 Å². The quantitative estimate of drug-likeness (QED) is 0.685. The molecule has 0 aliphatic carbocycles. The zero-order chi connectivity index (χ0) is 8.08. The number of hydrogen-bond donors (Lipinski definition) is 1. The van der Waals surface area contributed by atoms with Crippen LogP contribution in [0.4, 0.5) is 0 Å². The molecule has 0 aliphatic heterocycles. The van der Waals surface area contributed by atoms with Crippen molar-refractivity contribution in [2.24, 2.45) is 0 Å². The molecule has 0 bridgehead atoms. The molecular weight excluding hydrogens is 273 g/mol. The third-order valence-electron chi connectivity index (χ3n) is 0. The minimum absolute atomic E-state index is 0. The topological polar surface area (TPSA) is 37.3 Å². The molecule has 8 heteroatoms. The molecule has 0 spiro atoms. The van der Waals surface area contributed by atoms with E-state index in [1.807, 2.05) is 0 Å². The monoisotopic (exact) mass is 278 g/mol. The number of rotatable bonds is 0. The number of halogens is 4. The summed E-state index contributed by atoms with van der Waals surface area (Å²) in [6.07, 6.45) is 0. The van der Waals surface area contributed by atoms with Crippen LogP contribution in [0.25, 0.3) is 0 Å². The molecule has 0 amide bonds. The summed E-state index contributed by atoms with van der Waals surface area (Å²) in [5, 5.41) is 7.42. The van der Waals surface area contributed by atoms with Crippen LogP contribution in [-0.2, 0) is 17.1 Å². The zero-order valence-corrected chi connectivity index (χ0v) is 8.95. The summed E-state index contributed by atoms with van der Waals surface area (Å²) in [4.78, 5) is 9.00. The van der Waals surface area contributed by atoms with Crippen molar-refractivity contribution in [1.82, 2.24) is 0 Å². The summed E-state index contributed by atoms with van der Waals surface area (Å²) >= 11 is -3.11. The molecule has 0 radical (unpaired) electrons. The normalized spacial score (nSPS) is 8.50. The van der Waals surface area contributed by atoms with E-state index in [4.69, 9.17) is 47.1 Å². The molecule has 0 unspecified atom stereocenters. The second-order valence-corrected chi connectivity index (χ2v) is 16.4. The van der Waals surface area contributed by atoms with E-state index in [0.29, 0.717) is 0 Å². The summed E-state index contributed by atoms with van der Waals surface area (Å²) < 4.78 is 0. The fraction of sp³-hybridized carbons (Fsp3) is 0.500. The molecule has 0 aliphatic rings. The van der Waals surface area contributed by atoms with Gasteiger partial charge < -0.3 is 5.11 Å². The van der Waals surface area contributed by atoms with Gasteiger partial charge in [0, 0.05) is 6.92 Å². The third-order valence-corrected chi connectivity index (χ3v) is 0. The number of carbonyl (C=O) groups is 1. The molecule has 0 rings (SSSR count). The summed E-state index contributed by atoms with van der Waals surface area (Å²) in [6.45, 7) is 1.08. The van der Waals surface area contributed by atoms with Crippen LogP contribution in [0.1, 0.15) is 6.92 Å². The number of carboxylic acid groups (broad SMARTS) is 1. The van der Waals surface area contributed by atoms with E-state index in [-0.39, 0.29) is 17.4 Å². The van der Waals surface area contributed by atoms with Gasteiger partial charge in [-0.05, 0) is 0 Å². The van der Waals surface area contributed by atoms with Gasteiger partial charge in [0.05, 0.1) is 0 Å². The molecule has 0 saturated heterocycles. The van der Waals surface area contributed by atoms with Gasteiger partial charge in [0.25, 0.3) is 5.97 Å².